The van der Waals surface area contributed by atoms with Crippen LogP contribution in [0.4, 0.5) is 0 Å². The lowest BCUT2D eigenvalue weighted by Gasteiger charge is -2.07. The number of sulfone groups is 1. The van der Waals surface area contributed by atoms with Gasteiger partial charge in [-0.25, -0.2) is 18.0 Å². The van der Waals surface area contributed by atoms with Crippen LogP contribution in [0.2, 0.25) is 0 Å². The van der Waals surface area contributed by atoms with Crippen LogP contribution in [0.1, 0.15) is 13.8 Å². The number of carbonyl (C=O) groups is 2. The summed E-state index contributed by atoms with van der Waals surface area (Å²) in [5.41, 5.74) is 0. The van der Waals surface area contributed by atoms with E-state index < -0.39 is 21.8 Å². The molecular weight excluding hydrogens is 368 g/mol. The van der Waals surface area contributed by atoms with Crippen molar-refractivity contribution in [3.05, 3.63) is 72.8 Å². The van der Waals surface area contributed by atoms with E-state index in [9.17, 15) is 18.0 Å². The van der Waals surface area contributed by atoms with E-state index in [4.69, 9.17) is 9.47 Å². The molecule has 0 aliphatic rings. The van der Waals surface area contributed by atoms with Crippen molar-refractivity contribution in [1.29, 1.82) is 0 Å². The Balaban J connectivity index is 2.17. The van der Waals surface area contributed by atoms with Crippen molar-refractivity contribution in [2.75, 3.05) is 0 Å². The third-order valence-corrected chi connectivity index (χ3v) is 5.10. The molecule has 2 aromatic carbocycles. The molecule has 6 nitrogen and oxygen atoms in total. The third kappa shape index (κ3) is 5.39. The van der Waals surface area contributed by atoms with Gasteiger partial charge < -0.3 is 9.47 Å². The zero-order valence-electron chi connectivity index (χ0n) is 14.8. The number of hydrogen-bond donors (Lipinski definition) is 0. The van der Waals surface area contributed by atoms with Crippen molar-refractivity contribution in [2.45, 2.75) is 23.6 Å². The number of rotatable bonds is 6. The molecule has 0 fully saturated rings. The second-order valence-corrected chi connectivity index (χ2v) is 7.24. The first-order valence-corrected chi connectivity index (χ1v) is 9.49. The third-order valence-electron chi connectivity index (χ3n) is 3.31. The summed E-state index contributed by atoms with van der Waals surface area (Å²) in [5, 5.41) is 0. The summed E-state index contributed by atoms with van der Waals surface area (Å²) in [7, 11) is -3.76. The number of esters is 2. The molecule has 0 amide bonds. The van der Waals surface area contributed by atoms with Crippen LogP contribution in [0, 0.1) is 0 Å². The molecule has 0 radical (unpaired) electrons. The summed E-state index contributed by atoms with van der Waals surface area (Å²) in [5.74, 6) is -0.612. The van der Waals surface area contributed by atoms with E-state index in [1.807, 2.05) is 0 Å². The Morgan fingerprint density at radius 1 is 0.704 bits per heavy atom. The Morgan fingerprint density at radius 2 is 1.04 bits per heavy atom. The minimum absolute atomic E-state index is 0.0481. The average Bonchev–Trinajstić information content (AvgIpc) is 2.63. The predicted octanol–water partition coefficient (Wildman–Crippen LogP) is 3.48. The summed E-state index contributed by atoms with van der Waals surface area (Å²) in [6.45, 7) is 3.37. The molecule has 0 aliphatic heterocycles. The minimum atomic E-state index is -3.76. The van der Waals surface area contributed by atoms with Crippen LogP contribution in [0.25, 0.3) is 0 Å². The SMILES string of the molecule is CC=CC(=O)Oc1ccc(S(=O)(=O)c2ccc(OC(=O)C=CC)cc2)cc1. The summed E-state index contributed by atoms with van der Waals surface area (Å²) in [4.78, 5) is 22.9. The lowest BCUT2D eigenvalue weighted by atomic mass is 10.3. The first kappa shape index (κ1) is 20.1. The fourth-order valence-electron chi connectivity index (χ4n) is 2.08. The highest BCUT2D eigenvalue weighted by Crippen LogP contribution is 2.25. The standard InChI is InChI=1S/C20H18O6S/c1-3-5-19(21)25-15-7-11-17(12-8-15)27(23,24)18-13-9-16(10-14-18)26-20(22)6-4-2/h3-14H,1-2H3. The molecule has 2 aromatic rings. The maximum absolute atomic E-state index is 12.7. The molecule has 0 unspecified atom stereocenters. The molecule has 0 heterocycles. The lowest BCUT2D eigenvalue weighted by Crippen LogP contribution is -2.06. The summed E-state index contributed by atoms with van der Waals surface area (Å²) in [6.07, 6.45) is 5.60. The highest BCUT2D eigenvalue weighted by Gasteiger charge is 2.18. The van der Waals surface area contributed by atoms with Gasteiger partial charge in [0, 0.05) is 12.2 Å². The van der Waals surface area contributed by atoms with Crippen LogP contribution in [0.5, 0.6) is 11.5 Å². The van der Waals surface area contributed by atoms with E-state index in [2.05, 4.69) is 0 Å². The van der Waals surface area contributed by atoms with Crippen LogP contribution in [0.3, 0.4) is 0 Å². The van der Waals surface area contributed by atoms with Gasteiger partial charge in [-0.3, -0.25) is 0 Å². The van der Waals surface area contributed by atoms with Gasteiger partial charge in [0.2, 0.25) is 9.84 Å². The van der Waals surface area contributed by atoms with Gasteiger partial charge in [-0.05, 0) is 62.4 Å². The lowest BCUT2D eigenvalue weighted by molar-refractivity contribution is -0.129. The molecule has 27 heavy (non-hydrogen) atoms. The Kier molecular flexibility index (Phi) is 6.67. The Morgan fingerprint density at radius 3 is 1.33 bits per heavy atom. The van der Waals surface area contributed by atoms with Crippen LogP contribution in [-0.2, 0) is 19.4 Å². The normalized spacial score (nSPS) is 11.6. The van der Waals surface area contributed by atoms with Gasteiger partial charge in [-0.2, -0.15) is 0 Å². The highest BCUT2D eigenvalue weighted by atomic mass is 32.2. The number of carbonyl (C=O) groups excluding carboxylic acids is 2. The Bertz CT molecular complexity index is 893. The molecule has 0 saturated heterocycles. The van der Waals surface area contributed by atoms with Crippen molar-refractivity contribution in [3.8, 4) is 11.5 Å². The molecule has 0 bridgehead atoms. The van der Waals surface area contributed by atoms with E-state index in [1.54, 1.807) is 26.0 Å². The molecule has 0 atom stereocenters. The Labute approximate surface area is 157 Å². The van der Waals surface area contributed by atoms with E-state index in [-0.39, 0.29) is 21.3 Å². The van der Waals surface area contributed by atoms with Gasteiger partial charge in [0.15, 0.2) is 0 Å². The molecule has 0 spiro atoms. The smallest absolute Gasteiger partial charge is 0.335 e. The van der Waals surface area contributed by atoms with Gasteiger partial charge in [0.1, 0.15) is 11.5 Å². The van der Waals surface area contributed by atoms with E-state index in [1.165, 1.54) is 60.7 Å². The molecule has 0 saturated carbocycles. The largest absolute Gasteiger partial charge is 0.423 e. The molecule has 7 heteroatoms. The van der Waals surface area contributed by atoms with Crippen molar-refractivity contribution >= 4 is 21.8 Å². The van der Waals surface area contributed by atoms with Gasteiger partial charge >= 0.3 is 11.9 Å². The number of hydrogen-bond acceptors (Lipinski definition) is 6. The van der Waals surface area contributed by atoms with Crippen LogP contribution in [0.15, 0.2) is 82.6 Å². The Hall–Kier alpha value is -3.19. The van der Waals surface area contributed by atoms with Crippen LogP contribution >= 0.6 is 0 Å². The second kappa shape index (κ2) is 8.95. The van der Waals surface area contributed by atoms with E-state index in [0.717, 1.165) is 0 Å². The number of ether oxygens (including phenoxy) is 2. The van der Waals surface area contributed by atoms with Gasteiger partial charge in [0.25, 0.3) is 0 Å². The molecule has 2 rings (SSSR count). The van der Waals surface area contributed by atoms with Crippen molar-refractivity contribution < 1.29 is 27.5 Å². The maximum atomic E-state index is 12.7. The van der Waals surface area contributed by atoms with Crippen LogP contribution < -0.4 is 9.47 Å². The first-order chi connectivity index (χ1) is 12.9. The second-order valence-electron chi connectivity index (χ2n) is 5.29. The maximum Gasteiger partial charge on any atom is 0.335 e. The molecule has 140 valence electrons. The average molecular weight is 386 g/mol. The first-order valence-electron chi connectivity index (χ1n) is 8.01. The van der Waals surface area contributed by atoms with Gasteiger partial charge in [0.05, 0.1) is 9.79 Å². The fourth-order valence-corrected chi connectivity index (χ4v) is 3.34. The highest BCUT2D eigenvalue weighted by molar-refractivity contribution is 7.91. The quantitative estimate of drug-likeness (QED) is 0.429. The van der Waals surface area contributed by atoms with Gasteiger partial charge in [-0.15, -0.1) is 0 Å². The predicted molar refractivity (Wildman–Crippen MR) is 99.2 cm³/mol. The number of allylic oxidation sites excluding steroid dienone is 2. The van der Waals surface area contributed by atoms with Crippen LogP contribution in [-0.4, -0.2) is 20.4 Å². The molecule has 0 aliphatic carbocycles. The van der Waals surface area contributed by atoms with Crippen molar-refractivity contribution in [1.82, 2.24) is 0 Å². The summed E-state index contributed by atoms with van der Waals surface area (Å²) < 4.78 is 35.4. The van der Waals surface area contributed by atoms with Gasteiger partial charge in [-0.1, -0.05) is 12.2 Å². The fraction of sp³-hybridized carbons (Fsp3) is 0.100. The molecule has 0 N–H and O–H groups in total. The minimum Gasteiger partial charge on any atom is -0.423 e. The molecule has 0 aromatic heterocycles. The topological polar surface area (TPSA) is 86.7 Å². The zero-order chi connectivity index (χ0) is 19.9. The summed E-state index contributed by atoms with van der Waals surface area (Å²) >= 11 is 0. The summed E-state index contributed by atoms with van der Waals surface area (Å²) in [6, 6.07) is 11.0. The number of benzene rings is 2. The molecular formula is C20H18O6S. The van der Waals surface area contributed by atoms with Crippen molar-refractivity contribution in [2.24, 2.45) is 0 Å². The monoisotopic (exact) mass is 386 g/mol. The zero-order valence-corrected chi connectivity index (χ0v) is 15.6. The van der Waals surface area contributed by atoms with Crippen molar-refractivity contribution in [3.63, 3.8) is 0 Å². The van der Waals surface area contributed by atoms with E-state index >= 15 is 0 Å². The van der Waals surface area contributed by atoms with E-state index in [0.29, 0.717) is 0 Å².